The summed E-state index contributed by atoms with van der Waals surface area (Å²) in [5.41, 5.74) is 7.57. The van der Waals surface area contributed by atoms with Crippen molar-refractivity contribution < 1.29 is 9.00 Å². The van der Waals surface area contributed by atoms with Gasteiger partial charge >= 0.3 is 0 Å². The molecule has 18 heavy (non-hydrogen) atoms. The zero-order chi connectivity index (χ0) is 13.5. The highest BCUT2D eigenvalue weighted by molar-refractivity contribution is 7.84. The van der Waals surface area contributed by atoms with Crippen molar-refractivity contribution in [3.8, 4) is 0 Å². The second-order valence-corrected chi connectivity index (χ2v) is 5.50. The summed E-state index contributed by atoms with van der Waals surface area (Å²) >= 11 is 0. The lowest BCUT2D eigenvalue weighted by atomic mass is 10.1. The van der Waals surface area contributed by atoms with Crippen LogP contribution in [-0.2, 0) is 10.8 Å². The highest BCUT2D eigenvalue weighted by Crippen LogP contribution is 2.19. The molecule has 0 aliphatic carbocycles. The van der Waals surface area contributed by atoms with E-state index >= 15 is 0 Å². The molecule has 6 heteroatoms. The van der Waals surface area contributed by atoms with Crippen LogP contribution in [0.5, 0.6) is 0 Å². The Hall–Kier alpha value is -1.56. The summed E-state index contributed by atoms with van der Waals surface area (Å²) in [5.74, 6) is 0.488. The summed E-state index contributed by atoms with van der Waals surface area (Å²) in [7, 11) is 0.798. The first-order valence-corrected chi connectivity index (χ1v) is 7.43. The van der Waals surface area contributed by atoms with Gasteiger partial charge in [0.05, 0.1) is 5.56 Å². The zero-order valence-electron chi connectivity index (χ0n) is 10.7. The zero-order valence-corrected chi connectivity index (χ0v) is 11.5. The van der Waals surface area contributed by atoms with Crippen molar-refractivity contribution in [3.05, 3.63) is 23.8 Å². The number of hydrogen-bond acceptors (Lipinski definition) is 4. The molecule has 0 fully saturated rings. The number of amides is 1. The van der Waals surface area contributed by atoms with E-state index in [-0.39, 0.29) is 5.91 Å². The molecule has 0 aliphatic heterocycles. The number of nitrogens with one attached hydrogen (secondary N) is 2. The van der Waals surface area contributed by atoms with Gasteiger partial charge in [-0.3, -0.25) is 9.00 Å². The van der Waals surface area contributed by atoms with Gasteiger partial charge in [0, 0.05) is 47.8 Å². The second kappa shape index (κ2) is 7.00. The average molecular weight is 269 g/mol. The lowest BCUT2D eigenvalue weighted by Crippen LogP contribution is -2.20. The Morgan fingerprint density at radius 3 is 2.78 bits per heavy atom. The third kappa shape index (κ3) is 4.37. The number of carbonyl (C=O) groups excluding carboxylic acids is 1. The van der Waals surface area contributed by atoms with E-state index in [9.17, 15) is 9.00 Å². The van der Waals surface area contributed by atoms with Crippen molar-refractivity contribution in [1.29, 1.82) is 0 Å². The van der Waals surface area contributed by atoms with Gasteiger partial charge in [-0.25, -0.2) is 0 Å². The Kier molecular flexibility index (Phi) is 5.64. The maximum absolute atomic E-state index is 11.6. The molecule has 1 unspecified atom stereocenters. The minimum atomic E-state index is -0.788. The topological polar surface area (TPSA) is 84.2 Å². The number of hydrogen-bond donors (Lipinski definition) is 3. The molecule has 0 aliphatic rings. The number of benzene rings is 1. The van der Waals surface area contributed by atoms with Crippen LogP contribution in [-0.4, -0.2) is 35.7 Å². The number of anilines is 2. The predicted molar refractivity (Wildman–Crippen MR) is 76.3 cm³/mol. The van der Waals surface area contributed by atoms with E-state index in [1.807, 2.05) is 0 Å². The van der Waals surface area contributed by atoms with E-state index in [4.69, 9.17) is 5.73 Å². The number of nitrogens with two attached hydrogens (primary N) is 1. The summed E-state index contributed by atoms with van der Waals surface area (Å²) in [4.78, 5) is 11.6. The van der Waals surface area contributed by atoms with Gasteiger partial charge in [-0.2, -0.15) is 0 Å². The molecule has 1 aromatic carbocycles. The standard InChI is InChI=1S/C12H19N3O2S/c1-14-12(16)10-5-4-9(13)8-11(10)15-6-3-7-18(2)17/h4-5,8,15H,3,6-7,13H2,1-2H3,(H,14,16). The summed E-state index contributed by atoms with van der Waals surface area (Å²) in [5, 5.41) is 5.73. The van der Waals surface area contributed by atoms with Crippen molar-refractivity contribution in [2.45, 2.75) is 6.42 Å². The third-order valence-corrected chi connectivity index (χ3v) is 3.30. The fraction of sp³-hybridized carbons (Fsp3) is 0.417. The number of rotatable bonds is 6. The molecule has 5 nitrogen and oxygen atoms in total. The fourth-order valence-electron chi connectivity index (χ4n) is 1.54. The fourth-order valence-corrected chi connectivity index (χ4v) is 2.09. The predicted octanol–water partition coefficient (Wildman–Crippen LogP) is 0.809. The highest BCUT2D eigenvalue weighted by Gasteiger charge is 2.09. The molecule has 1 aromatic rings. The van der Waals surface area contributed by atoms with Gasteiger partial charge in [0.2, 0.25) is 0 Å². The van der Waals surface area contributed by atoms with Crippen molar-refractivity contribution >= 4 is 28.1 Å². The first kappa shape index (κ1) is 14.5. The third-order valence-electron chi connectivity index (χ3n) is 2.44. The van der Waals surface area contributed by atoms with Crippen LogP contribution in [0.25, 0.3) is 0 Å². The molecule has 0 aromatic heterocycles. The monoisotopic (exact) mass is 269 g/mol. The summed E-state index contributed by atoms with van der Waals surface area (Å²) < 4.78 is 10.9. The van der Waals surface area contributed by atoms with E-state index < -0.39 is 10.8 Å². The molecular formula is C12H19N3O2S. The van der Waals surface area contributed by atoms with Gasteiger partial charge in [-0.15, -0.1) is 0 Å². The van der Waals surface area contributed by atoms with Gasteiger partial charge in [0.15, 0.2) is 0 Å². The Balaban J connectivity index is 2.70. The summed E-state index contributed by atoms with van der Waals surface area (Å²) in [6.07, 6.45) is 2.46. The summed E-state index contributed by atoms with van der Waals surface area (Å²) in [6, 6.07) is 5.11. The molecular weight excluding hydrogens is 250 g/mol. The Labute approximate surface area is 110 Å². The molecule has 0 radical (unpaired) electrons. The van der Waals surface area contributed by atoms with Crippen LogP contribution in [0.4, 0.5) is 11.4 Å². The molecule has 0 bridgehead atoms. The SMILES string of the molecule is CNC(=O)c1ccc(N)cc1NCCCS(C)=O. The normalized spacial score (nSPS) is 11.9. The maximum Gasteiger partial charge on any atom is 0.253 e. The van der Waals surface area contributed by atoms with E-state index in [1.165, 1.54) is 0 Å². The number of carbonyl (C=O) groups is 1. The van der Waals surface area contributed by atoms with Crippen molar-refractivity contribution in [3.63, 3.8) is 0 Å². The highest BCUT2D eigenvalue weighted by atomic mass is 32.2. The van der Waals surface area contributed by atoms with Crippen LogP contribution in [0, 0.1) is 0 Å². The minimum absolute atomic E-state index is 0.156. The van der Waals surface area contributed by atoms with E-state index in [0.29, 0.717) is 29.2 Å². The van der Waals surface area contributed by atoms with Crippen LogP contribution in [0.15, 0.2) is 18.2 Å². The van der Waals surface area contributed by atoms with Crippen LogP contribution < -0.4 is 16.4 Å². The molecule has 100 valence electrons. The quantitative estimate of drug-likeness (QED) is 0.527. The molecule has 1 rings (SSSR count). The van der Waals surface area contributed by atoms with Crippen molar-refractivity contribution in [1.82, 2.24) is 5.32 Å². The first-order chi connectivity index (χ1) is 8.54. The molecule has 0 saturated heterocycles. The largest absolute Gasteiger partial charge is 0.399 e. The molecule has 1 atom stereocenters. The summed E-state index contributed by atoms with van der Waals surface area (Å²) in [6.45, 7) is 0.660. The minimum Gasteiger partial charge on any atom is -0.399 e. The van der Waals surface area contributed by atoms with Crippen LogP contribution in [0.3, 0.4) is 0 Å². The Bertz CT molecular complexity index is 449. The lowest BCUT2D eigenvalue weighted by Gasteiger charge is -2.11. The molecule has 1 amide bonds. The van der Waals surface area contributed by atoms with Gasteiger partial charge < -0.3 is 16.4 Å². The average Bonchev–Trinajstić information content (AvgIpc) is 2.33. The van der Waals surface area contributed by atoms with Crippen molar-refractivity contribution in [2.75, 3.05) is 36.7 Å². The van der Waals surface area contributed by atoms with Gasteiger partial charge in [-0.05, 0) is 24.6 Å². The number of nitrogen functional groups attached to an aromatic ring is 1. The van der Waals surface area contributed by atoms with Crippen LogP contribution in [0.2, 0.25) is 0 Å². The second-order valence-electron chi connectivity index (χ2n) is 3.94. The first-order valence-electron chi connectivity index (χ1n) is 5.70. The molecule has 0 saturated carbocycles. The Morgan fingerprint density at radius 1 is 1.44 bits per heavy atom. The smallest absolute Gasteiger partial charge is 0.253 e. The van der Waals surface area contributed by atoms with E-state index in [1.54, 1.807) is 31.5 Å². The van der Waals surface area contributed by atoms with E-state index in [0.717, 1.165) is 6.42 Å². The molecule has 0 heterocycles. The maximum atomic E-state index is 11.6. The lowest BCUT2D eigenvalue weighted by molar-refractivity contribution is 0.0964. The van der Waals surface area contributed by atoms with Crippen LogP contribution >= 0.6 is 0 Å². The molecule has 0 spiro atoms. The van der Waals surface area contributed by atoms with Gasteiger partial charge in [0.1, 0.15) is 0 Å². The van der Waals surface area contributed by atoms with Crippen molar-refractivity contribution in [2.24, 2.45) is 0 Å². The Morgan fingerprint density at radius 2 is 2.17 bits per heavy atom. The molecule has 4 N–H and O–H groups in total. The van der Waals surface area contributed by atoms with Gasteiger partial charge in [-0.1, -0.05) is 0 Å². The van der Waals surface area contributed by atoms with Crippen LogP contribution in [0.1, 0.15) is 16.8 Å². The van der Waals surface area contributed by atoms with E-state index in [2.05, 4.69) is 10.6 Å². The van der Waals surface area contributed by atoms with Gasteiger partial charge in [0.25, 0.3) is 5.91 Å².